The summed E-state index contributed by atoms with van der Waals surface area (Å²) in [6.45, 7) is 2.41. The highest BCUT2D eigenvalue weighted by atomic mass is 16.5. The van der Waals surface area contributed by atoms with Crippen molar-refractivity contribution >= 4 is 0 Å². The number of rotatable bonds is 7. The Bertz CT molecular complexity index is 312. The topological polar surface area (TPSA) is 44.7 Å². The molecule has 0 radical (unpaired) electrons. The number of hydrogen-bond donors (Lipinski definition) is 2. The van der Waals surface area contributed by atoms with Gasteiger partial charge in [0.15, 0.2) is 0 Å². The van der Waals surface area contributed by atoms with E-state index in [4.69, 9.17) is 4.74 Å². The third-order valence-electron chi connectivity index (χ3n) is 2.57. The second-order valence-corrected chi connectivity index (χ2v) is 4.30. The first-order valence-corrected chi connectivity index (χ1v) is 5.81. The first kappa shape index (κ1) is 14.0. The van der Waals surface area contributed by atoms with Crippen LogP contribution in [0.5, 0.6) is 5.75 Å². The van der Waals surface area contributed by atoms with Crippen molar-refractivity contribution in [3.05, 3.63) is 29.8 Å². The normalized spacial score (nSPS) is 12.8. The van der Waals surface area contributed by atoms with Gasteiger partial charge in [-0.1, -0.05) is 12.1 Å². The maximum Gasteiger partial charge on any atom is 0.118 e. The van der Waals surface area contributed by atoms with Crippen molar-refractivity contribution < 1.29 is 9.84 Å². The fourth-order valence-electron chi connectivity index (χ4n) is 1.49. The third kappa shape index (κ3) is 5.17. The minimum atomic E-state index is -0.469. The summed E-state index contributed by atoms with van der Waals surface area (Å²) in [6.07, 6.45) is -0.469. The van der Waals surface area contributed by atoms with E-state index in [0.717, 1.165) is 24.4 Å². The molecule has 17 heavy (non-hydrogen) atoms. The van der Waals surface area contributed by atoms with Crippen LogP contribution < -0.4 is 10.1 Å². The van der Waals surface area contributed by atoms with Crippen molar-refractivity contribution in [3.8, 4) is 5.75 Å². The van der Waals surface area contributed by atoms with Gasteiger partial charge in [-0.25, -0.2) is 0 Å². The average molecular weight is 238 g/mol. The molecular weight excluding hydrogens is 216 g/mol. The number of ether oxygens (including phenoxy) is 1. The summed E-state index contributed by atoms with van der Waals surface area (Å²) in [4.78, 5) is 2.10. The summed E-state index contributed by atoms with van der Waals surface area (Å²) in [7, 11) is 5.69. The molecule has 1 aromatic carbocycles. The molecule has 0 saturated carbocycles. The van der Waals surface area contributed by atoms with Gasteiger partial charge in [0.1, 0.15) is 5.75 Å². The van der Waals surface area contributed by atoms with Gasteiger partial charge in [-0.2, -0.15) is 0 Å². The number of methoxy groups -OCH3 is 1. The molecule has 0 fully saturated rings. The standard InChI is InChI=1S/C13H22N2O2/c1-15(2)9-8-14-10-13(16)11-4-6-12(17-3)7-5-11/h4-7,13-14,16H,8-10H2,1-3H3. The van der Waals surface area contributed by atoms with Crippen LogP contribution >= 0.6 is 0 Å². The summed E-state index contributed by atoms with van der Waals surface area (Å²) >= 11 is 0. The summed E-state index contributed by atoms with van der Waals surface area (Å²) < 4.78 is 5.07. The molecule has 1 aromatic rings. The molecule has 2 N–H and O–H groups in total. The fraction of sp³-hybridized carbons (Fsp3) is 0.538. The summed E-state index contributed by atoms with van der Waals surface area (Å²) in [5.74, 6) is 0.807. The molecule has 4 nitrogen and oxygen atoms in total. The Hall–Kier alpha value is -1.10. The lowest BCUT2D eigenvalue weighted by molar-refractivity contribution is 0.173. The van der Waals surface area contributed by atoms with Crippen LogP contribution in [0.15, 0.2) is 24.3 Å². The van der Waals surface area contributed by atoms with Crippen LogP contribution in [0.3, 0.4) is 0 Å². The Kier molecular flexibility index (Phi) is 5.97. The SMILES string of the molecule is COc1ccc(C(O)CNCCN(C)C)cc1. The fourth-order valence-corrected chi connectivity index (χ4v) is 1.49. The maximum absolute atomic E-state index is 9.93. The van der Waals surface area contributed by atoms with Gasteiger partial charge in [0, 0.05) is 19.6 Å². The molecule has 0 aliphatic carbocycles. The zero-order valence-corrected chi connectivity index (χ0v) is 10.8. The molecule has 1 rings (SSSR count). The van der Waals surface area contributed by atoms with E-state index in [2.05, 4.69) is 10.2 Å². The minimum absolute atomic E-state index is 0.469. The second-order valence-electron chi connectivity index (χ2n) is 4.30. The number of nitrogens with zero attached hydrogens (tertiary/aromatic N) is 1. The molecule has 0 aliphatic heterocycles. The van der Waals surface area contributed by atoms with Gasteiger partial charge in [0.2, 0.25) is 0 Å². The van der Waals surface area contributed by atoms with Crippen LogP contribution in [-0.2, 0) is 0 Å². The first-order valence-electron chi connectivity index (χ1n) is 5.81. The highest BCUT2D eigenvalue weighted by molar-refractivity contribution is 5.28. The number of aliphatic hydroxyl groups excluding tert-OH is 1. The number of nitrogens with one attached hydrogen (secondary N) is 1. The van der Waals surface area contributed by atoms with Crippen LogP contribution in [0.25, 0.3) is 0 Å². The van der Waals surface area contributed by atoms with E-state index in [1.165, 1.54) is 0 Å². The lowest BCUT2D eigenvalue weighted by Crippen LogP contribution is -2.29. The number of benzene rings is 1. The number of likely N-dealkylation sites (N-methyl/N-ethyl adjacent to an activating group) is 1. The van der Waals surface area contributed by atoms with Crippen LogP contribution in [0, 0.1) is 0 Å². The molecule has 4 heteroatoms. The number of hydrogen-bond acceptors (Lipinski definition) is 4. The van der Waals surface area contributed by atoms with Gasteiger partial charge in [0.05, 0.1) is 13.2 Å². The summed E-state index contributed by atoms with van der Waals surface area (Å²) in [6, 6.07) is 7.49. The van der Waals surface area contributed by atoms with Crippen LogP contribution in [0.4, 0.5) is 0 Å². The van der Waals surface area contributed by atoms with Crippen molar-refractivity contribution in [3.63, 3.8) is 0 Å². The molecule has 0 bridgehead atoms. The number of aliphatic hydroxyl groups is 1. The predicted molar refractivity (Wildman–Crippen MR) is 69.4 cm³/mol. The summed E-state index contributed by atoms with van der Waals surface area (Å²) in [5, 5.41) is 13.2. The smallest absolute Gasteiger partial charge is 0.118 e. The Morgan fingerprint density at radius 3 is 2.47 bits per heavy atom. The van der Waals surface area contributed by atoms with Gasteiger partial charge in [-0.3, -0.25) is 0 Å². The molecule has 96 valence electrons. The lowest BCUT2D eigenvalue weighted by Gasteiger charge is -2.14. The van der Waals surface area contributed by atoms with Crippen LogP contribution in [-0.4, -0.2) is 50.8 Å². The zero-order chi connectivity index (χ0) is 12.7. The Morgan fingerprint density at radius 2 is 1.94 bits per heavy atom. The van der Waals surface area contributed by atoms with Gasteiger partial charge in [0.25, 0.3) is 0 Å². The summed E-state index contributed by atoms with van der Waals surface area (Å²) in [5.41, 5.74) is 0.906. The van der Waals surface area contributed by atoms with E-state index in [9.17, 15) is 5.11 Å². The highest BCUT2D eigenvalue weighted by Gasteiger charge is 2.06. The molecule has 0 spiro atoms. The van der Waals surface area contributed by atoms with Crippen LogP contribution in [0.1, 0.15) is 11.7 Å². The predicted octanol–water partition coefficient (Wildman–Crippen LogP) is 0.880. The Labute approximate surface area is 103 Å². The van der Waals surface area contributed by atoms with Crippen molar-refractivity contribution in [2.75, 3.05) is 40.8 Å². The first-order chi connectivity index (χ1) is 8.13. The lowest BCUT2D eigenvalue weighted by atomic mass is 10.1. The molecule has 0 aromatic heterocycles. The van der Waals surface area contributed by atoms with Gasteiger partial charge < -0.3 is 20.1 Å². The van der Waals surface area contributed by atoms with Crippen molar-refractivity contribution in [2.24, 2.45) is 0 Å². The third-order valence-corrected chi connectivity index (χ3v) is 2.57. The molecule has 0 saturated heterocycles. The largest absolute Gasteiger partial charge is 0.497 e. The molecule has 1 atom stereocenters. The van der Waals surface area contributed by atoms with Crippen LogP contribution in [0.2, 0.25) is 0 Å². The zero-order valence-electron chi connectivity index (χ0n) is 10.8. The highest BCUT2D eigenvalue weighted by Crippen LogP contribution is 2.16. The van der Waals surface area contributed by atoms with E-state index in [1.807, 2.05) is 38.4 Å². The maximum atomic E-state index is 9.93. The van der Waals surface area contributed by atoms with Gasteiger partial charge in [-0.05, 0) is 31.8 Å². The van der Waals surface area contributed by atoms with Gasteiger partial charge >= 0.3 is 0 Å². The van der Waals surface area contributed by atoms with E-state index in [-0.39, 0.29) is 0 Å². The van der Waals surface area contributed by atoms with E-state index in [1.54, 1.807) is 7.11 Å². The molecule has 1 unspecified atom stereocenters. The minimum Gasteiger partial charge on any atom is -0.497 e. The van der Waals surface area contributed by atoms with Gasteiger partial charge in [-0.15, -0.1) is 0 Å². The second kappa shape index (κ2) is 7.27. The van der Waals surface area contributed by atoms with Crippen molar-refractivity contribution in [1.82, 2.24) is 10.2 Å². The monoisotopic (exact) mass is 238 g/mol. The Balaban J connectivity index is 2.33. The quantitative estimate of drug-likeness (QED) is 0.692. The van der Waals surface area contributed by atoms with Crippen molar-refractivity contribution in [1.29, 1.82) is 0 Å². The van der Waals surface area contributed by atoms with E-state index < -0.39 is 6.10 Å². The molecule has 0 heterocycles. The molecule has 0 aliphatic rings. The van der Waals surface area contributed by atoms with Crippen molar-refractivity contribution in [2.45, 2.75) is 6.10 Å². The molecular formula is C13H22N2O2. The van der Waals surface area contributed by atoms with E-state index >= 15 is 0 Å². The Morgan fingerprint density at radius 1 is 1.29 bits per heavy atom. The molecule has 0 amide bonds. The van der Waals surface area contributed by atoms with E-state index in [0.29, 0.717) is 6.54 Å². The average Bonchev–Trinajstić information content (AvgIpc) is 2.34.